The molecule has 1 aliphatic rings. The number of alkyl halides is 3. The summed E-state index contributed by atoms with van der Waals surface area (Å²) in [6.45, 7) is 1.93. The number of hydrogen-bond acceptors (Lipinski definition) is 2. The van der Waals surface area contributed by atoms with Gasteiger partial charge in [0.2, 0.25) is 5.91 Å². The third-order valence-electron chi connectivity index (χ3n) is 3.47. The van der Waals surface area contributed by atoms with Gasteiger partial charge >= 0.3 is 6.18 Å². The standard InChI is InChI=1S/C12H21F3N2O/c1-2-3-10(16)11(18)17-9-6-4-8(5-7-9)12(13,14)15/h8-10H,2-7,16H2,1H3,(H,17,18)/t8?,9?,10-/m1/s1. The first kappa shape index (κ1) is 15.3. The van der Waals surface area contributed by atoms with E-state index in [2.05, 4.69) is 5.32 Å². The van der Waals surface area contributed by atoms with Crippen LogP contribution in [0.25, 0.3) is 0 Å². The van der Waals surface area contributed by atoms with Crippen LogP contribution in [0.1, 0.15) is 45.4 Å². The lowest BCUT2D eigenvalue weighted by Gasteiger charge is -2.30. The predicted octanol–water partition coefficient (Wildman–Crippen LogP) is 2.35. The lowest BCUT2D eigenvalue weighted by molar-refractivity contribution is -0.182. The van der Waals surface area contributed by atoms with Gasteiger partial charge in [-0.1, -0.05) is 13.3 Å². The van der Waals surface area contributed by atoms with Gasteiger partial charge in [-0.25, -0.2) is 0 Å². The van der Waals surface area contributed by atoms with E-state index in [0.717, 1.165) is 6.42 Å². The third-order valence-corrected chi connectivity index (χ3v) is 3.47. The van der Waals surface area contributed by atoms with Crippen molar-refractivity contribution in [3.8, 4) is 0 Å². The zero-order valence-corrected chi connectivity index (χ0v) is 10.6. The monoisotopic (exact) mass is 266 g/mol. The molecule has 0 spiro atoms. The van der Waals surface area contributed by atoms with E-state index in [1.165, 1.54) is 0 Å². The van der Waals surface area contributed by atoms with Crippen molar-refractivity contribution in [3.05, 3.63) is 0 Å². The summed E-state index contributed by atoms with van der Waals surface area (Å²) in [4.78, 5) is 11.6. The summed E-state index contributed by atoms with van der Waals surface area (Å²) in [5.41, 5.74) is 5.65. The van der Waals surface area contributed by atoms with Crippen LogP contribution in [0.4, 0.5) is 13.2 Å². The van der Waals surface area contributed by atoms with Gasteiger partial charge in [-0.2, -0.15) is 13.2 Å². The van der Waals surface area contributed by atoms with Crippen molar-refractivity contribution >= 4 is 5.91 Å². The molecule has 1 fully saturated rings. The van der Waals surface area contributed by atoms with Crippen molar-refractivity contribution in [1.29, 1.82) is 0 Å². The number of carbonyl (C=O) groups excluding carboxylic acids is 1. The van der Waals surface area contributed by atoms with E-state index in [1.54, 1.807) is 0 Å². The van der Waals surface area contributed by atoms with Gasteiger partial charge in [0.25, 0.3) is 0 Å². The van der Waals surface area contributed by atoms with Gasteiger partial charge in [0.1, 0.15) is 0 Å². The van der Waals surface area contributed by atoms with E-state index in [4.69, 9.17) is 5.73 Å². The number of hydrogen-bond donors (Lipinski definition) is 2. The molecule has 1 atom stereocenters. The highest BCUT2D eigenvalue weighted by atomic mass is 19.4. The van der Waals surface area contributed by atoms with Gasteiger partial charge in [0.15, 0.2) is 0 Å². The zero-order chi connectivity index (χ0) is 13.8. The molecule has 0 saturated heterocycles. The topological polar surface area (TPSA) is 55.1 Å². The molecule has 0 radical (unpaired) electrons. The Morgan fingerprint density at radius 1 is 1.33 bits per heavy atom. The normalized spacial score (nSPS) is 26.7. The van der Waals surface area contributed by atoms with Crippen molar-refractivity contribution in [1.82, 2.24) is 5.32 Å². The molecule has 0 aromatic heterocycles. The molecule has 0 aromatic carbocycles. The van der Waals surface area contributed by atoms with Crippen LogP contribution in [-0.2, 0) is 4.79 Å². The summed E-state index contributed by atoms with van der Waals surface area (Å²) >= 11 is 0. The van der Waals surface area contributed by atoms with Crippen LogP contribution in [0, 0.1) is 5.92 Å². The molecule has 3 nitrogen and oxygen atoms in total. The van der Waals surface area contributed by atoms with E-state index in [-0.39, 0.29) is 24.8 Å². The van der Waals surface area contributed by atoms with Crippen molar-refractivity contribution in [2.45, 2.75) is 63.7 Å². The third kappa shape index (κ3) is 4.48. The van der Waals surface area contributed by atoms with E-state index in [9.17, 15) is 18.0 Å². The van der Waals surface area contributed by atoms with Crippen molar-refractivity contribution in [2.75, 3.05) is 0 Å². The second kappa shape index (κ2) is 6.41. The first-order valence-electron chi connectivity index (χ1n) is 6.47. The highest BCUT2D eigenvalue weighted by Crippen LogP contribution is 2.37. The minimum Gasteiger partial charge on any atom is -0.352 e. The molecule has 0 unspecified atom stereocenters. The number of carbonyl (C=O) groups is 1. The lowest BCUT2D eigenvalue weighted by Crippen LogP contribution is -2.47. The largest absolute Gasteiger partial charge is 0.391 e. The van der Waals surface area contributed by atoms with Gasteiger partial charge in [-0.05, 0) is 32.1 Å². The van der Waals surface area contributed by atoms with Gasteiger partial charge in [-0.15, -0.1) is 0 Å². The Morgan fingerprint density at radius 2 is 1.89 bits per heavy atom. The van der Waals surface area contributed by atoms with Crippen molar-refractivity contribution in [2.24, 2.45) is 11.7 Å². The van der Waals surface area contributed by atoms with E-state index in [0.29, 0.717) is 19.3 Å². The molecule has 1 rings (SSSR count). The molecule has 6 heteroatoms. The summed E-state index contributed by atoms with van der Waals surface area (Å²) in [5.74, 6) is -1.46. The van der Waals surface area contributed by atoms with Crippen LogP contribution in [0.2, 0.25) is 0 Å². The summed E-state index contributed by atoms with van der Waals surface area (Å²) in [5, 5.41) is 2.74. The Kier molecular flexibility index (Phi) is 5.44. The highest BCUT2D eigenvalue weighted by molar-refractivity contribution is 5.81. The van der Waals surface area contributed by atoms with Gasteiger partial charge < -0.3 is 11.1 Å². The smallest absolute Gasteiger partial charge is 0.352 e. The quantitative estimate of drug-likeness (QED) is 0.820. The molecule has 1 amide bonds. The second-order valence-electron chi connectivity index (χ2n) is 4.99. The molecule has 1 saturated carbocycles. The molecule has 0 bridgehead atoms. The van der Waals surface area contributed by atoms with Crippen LogP contribution >= 0.6 is 0 Å². The number of amides is 1. The fraction of sp³-hybridized carbons (Fsp3) is 0.917. The van der Waals surface area contributed by atoms with Crippen LogP contribution < -0.4 is 11.1 Å². The van der Waals surface area contributed by atoms with Crippen LogP contribution in [-0.4, -0.2) is 24.2 Å². The molecule has 1 aliphatic carbocycles. The van der Waals surface area contributed by atoms with E-state index >= 15 is 0 Å². The van der Waals surface area contributed by atoms with Gasteiger partial charge in [0.05, 0.1) is 12.0 Å². The van der Waals surface area contributed by atoms with Crippen LogP contribution in [0.5, 0.6) is 0 Å². The van der Waals surface area contributed by atoms with Crippen molar-refractivity contribution < 1.29 is 18.0 Å². The second-order valence-corrected chi connectivity index (χ2v) is 4.99. The Morgan fingerprint density at radius 3 is 2.33 bits per heavy atom. The summed E-state index contributed by atoms with van der Waals surface area (Å²) < 4.78 is 37.4. The maximum absolute atomic E-state index is 12.5. The average molecular weight is 266 g/mol. The summed E-state index contributed by atoms with van der Waals surface area (Å²) in [6, 6.07) is -0.700. The number of nitrogens with two attached hydrogens (primary N) is 1. The first-order valence-corrected chi connectivity index (χ1v) is 6.47. The molecular formula is C12H21F3N2O. The van der Waals surface area contributed by atoms with Crippen LogP contribution in [0.3, 0.4) is 0 Å². The fourth-order valence-corrected chi connectivity index (χ4v) is 2.32. The SMILES string of the molecule is CCC[C@@H](N)C(=O)NC1CCC(C(F)(F)F)CC1. The lowest BCUT2D eigenvalue weighted by atomic mass is 9.85. The van der Waals surface area contributed by atoms with Crippen LogP contribution in [0.15, 0.2) is 0 Å². The molecule has 106 valence electrons. The summed E-state index contributed by atoms with van der Waals surface area (Å²) in [7, 11) is 0. The number of nitrogens with one attached hydrogen (secondary N) is 1. The van der Waals surface area contributed by atoms with Gasteiger partial charge in [-0.3, -0.25) is 4.79 Å². The van der Waals surface area contributed by atoms with E-state index in [1.807, 2.05) is 6.92 Å². The number of halogens is 3. The maximum atomic E-state index is 12.5. The minimum atomic E-state index is -4.10. The first-order chi connectivity index (χ1) is 8.34. The molecule has 0 aliphatic heterocycles. The summed E-state index contributed by atoms with van der Waals surface area (Å²) in [6.07, 6.45) is -1.73. The van der Waals surface area contributed by atoms with Gasteiger partial charge in [0, 0.05) is 6.04 Å². The highest BCUT2D eigenvalue weighted by Gasteiger charge is 2.41. The Labute approximate surface area is 105 Å². The zero-order valence-electron chi connectivity index (χ0n) is 10.6. The predicted molar refractivity (Wildman–Crippen MR) is 62.8 cm³/mol. The molecule has 0 aromatic rings. The Balaban J connectivity index is 2.33. The van der Waals surface area contributed by atoms with Crippen molar-refractivity contribution in [3.63, 3.8) is 0 Å². The maximum Gasteiger partial charge on any atom is 0.391 e. The average Bonchev–Trinajstić information content (AvgIpc) is 2.28. The Hall–Kier alpha value is -0.780. The fourth-order valence-electron chi connectivity index (χ4n) is 2.32. The van der Waals surface area contributed by atoms with E-state index < -0.39 is 18.1 Å². The Bertz CT molecular complexity index is 273. The molecular weight excluding hydrogens is 245 g/mol. The molecule has 0 heterocycles. The minimum absolute atomic E-state index is 0.0947. The molecule has 3 N–H and O–H groups in total. The number of rotatable bonds is 4. The molecule has 18 heavy (non-hydrogen) atoms.